The van der Waals surface area contributed by atoms with Gasteiger partial charge in [0.15, 0.2) is 0 Å². The van der Waals surface area contributed by atoms with Crippen LogP contribution in [-0.2, 0) is 0 Å². The number of rotatable bonds is 2. The summed E-state index contributed by atoms with van der Waals surface area (Å²) >= 11 is 5.75. The van der Waals surface area contributed by atoms with Crippen LogP contribution >= 0.6 is 11.6 Å². The monoisotopic (exact) mass is 227 g/mol. The van der Waals surface area contributed by atoms with Gasteiger partial charge < -0.3 is 9.64 Å². The first-order chi connectivity index (χ1) is 7.24. The van der Waals surface area contributed by atoms with Crippen molar-refractivity contribution in [1.82, 2.24) is 14.9 Å². The highest BCUT2D eigenvalue weighted by Crippen LogP contribution is 2.17. The maximum Gasteiger partial charge on any atom is 0.218 e. The summed E-state index contributed by atoms with van der Waals surface area (Å²) in [6.45, 7) is 2.15. The summed E-state index contributed by atoms with van der Waals surface area (Å²) in [5.74, 6) is 0.574. The number of hydrogen-bond acceptors (Lipinski definition) is 4. The molecule has 0 aliphatic carbocycles. The molecule has 0 radical (unpaired) electrons. The minimum Gasteiger partial charge on any atom is -0.474 e. The molecule has 0 N–H and O–H groups in total. The summed E-state index contributed by atoms with van der Waals surface area (Å²) in [6, 6.07) is 1.65. The first kappa shape index (κ1) is 10.6. The van der Waals surface area contributed by atoms with Gasteiger partial charge in [-0.25, -0.2) is 9.97 Å². The molecule has 0 bridgehead atoms. The first-order valence-electron chi connectivity index (χ1n) is 5.07. The summed E-state index contributed by atoms with van der Waals surface area (Å²) in [7, 11) is 2.12. The minimum atomic E-state index is 0.257. The molecule has 1 saturated heterocycles. The van der Waals surface area contributed by atoms with Crippen molar-refractivity contribution < 1.29 is 4.74 Å². The molecule has 0 amide bonds. The lowest BCUT2D eigenvalue weighted by atomic mass is 10.1. The van der Waals surface area contributed by atoms with E-state index in [1.165, 1.54) is 6.33 Å². The van der Waals surface area contributed by atoms with Crippen LogP contribution in [0, 0.1) is 0 Å². The highest BCUT2D eigenvalue weighted by Gasteiger charge is 2.18. The summed E-state index contributed by atoms with van der Waals surface area (Å²) < 4.78 is 5.72. The van der Waals surface area contributed by atoms with Gasteiger partial charge in [-0.1, -0.05) is 11.6 Å². The van der Waals surface area contributed by atoms with Crippen LogP contribution in [0.4, 0.5) is 0 Å². The summed E-state index contributed by atoms with van der Waals surface area (Å²) in [6.07, 6.45) is 3.76. The molecule has 1 aliphatic rings. The molecule has 5 heteroatoms. The zero-order valence-electron chi connectivity index (χ0n) is 8.69. The average Bonchev–Trinajstić information content (AvgIpc) is 2.22. The number of piperidine rings is 1. The fourth-order valence-corrected chi connectivity index (χ4v) is 1.79. The van der Waals surface area contributed by atoms with E-state index in [-0.39, 0.29) is 6.10 Å². The highest BCUT2D eigenvalue weighted by molar-refractivity contribution is 6.29. The van der Waals surface area contributed by atoms with Gasteiger partial charge in [-0.05, 0) is 19.9 Å². The second-order valence-electron chi connectivity index (χ2n) is 3.80. The predicted molar refractivity (Wildman–Crippen MR) is 58.2 cm³/mol. The van der Waals surface area contributed by atoms with Crippen molar-refractivity contribution in [3.8, 4) is 5.88 Å². The molecule has 2 heterocycles. The van der Waals surface area contributed by atoms with Crippen molar-refractivity contribution >= 4 is 11.6 Å². The van der Waals surface area contributed by atoms with E-state index in [1.54, 1.807) is 6.07 Å². The van der Waals surface area contributed by atoms with E-state index in [4.69, 9.17) is 16.3 Å². The van der Waals surface area contributed by atoms with Gasteiger partial charge in [-0.15, -0.1) is 0 Å². The van der Waals surface area contributed by atoms with Gasteiger partial charge in [-0.2, -0.15) is 0 Å². The Bertz CT molecular complexity index is 326. The number of hydrogen-bond donors (Lipinski definition) is 0. The van der Waals surface area contributed by atoms with Crippen molar-refractivity contribution in [3.63, 3.8) is 0 Å². The molecule has 1 aromatic rings. The molecular formula is C10H14ClN3O. The fourth-order valence-electron chi connectivity index (χ4n) is 1.66. The van der Waals surface area contributed by atoms with Gasteiger partial charge in [0, 0.05) is 19.2 Å². The van der Waals surface area contributed by atoms with Gasteiger partial charge in [0.2, 0.25) is 5.88 Å². The highest BCUT2D eigenvalue weighted by atomic mass is 35.5. The molecule has 0 saturated carbocycles. The Kier molecular flexibility index (Phi) is 3.38. The van der Waals surface area contributed by atoms with E-state index < -0.39 is 0 Å². The largest absolute Gasteiger partial charge is 0.474 e. The molecule has 1 fully saturated rings. The Morgan fingerprint density at radius 1 is 1.40 bits per heavy atom. The predicted octanol–water partition coefficient (Wildman–Crippen LogP) is 1.60. The molecule has 2 rings (SSSR count). The van der Waals surface area contributed by atoms with Crippen molar-refractivity contribution in [2.24, 2.45) is 0 Å². The molecule has 0 unspecified atom stereocenters. The SMILES string of the molecule is CN1CCC(Oc2cc(Cl)ncn2)CC1. The molecule has 4 nitrogen and oxygen atoms in total. The summed E-state index contributed by atoms with van der Waals surface area (Å²) in [5.41, 5.74) is 0. The van der Waals surface area contributed by atoms with E-state index in [2.05, 4.69) is 21.9 Å². The normalized spacial score (nSPS) is 19.1. The lowest BCUT2D eigenvalue weighted by molar-refractivity contribution is 0.110. The standard InChI is InChI=1S/C10H14ClN3O/c1-14-4-2-8(3-5-14)15-10-6-9(11)12-7-13-10/h6-8H,2-5H2,1H3. The molecule has 1 aliphatic heterocycles. The van der Waals surface area contributed by atoms with Crippen LogP contribution in [0.5, 0.6) is 5.88 Å². The third kappa shape index (κ3) is 3.04. The molecule has 1 aromatic heterocycles. The number of likely N-dealkylation sites (tertiary alicyclic amines) is 1. The second kappa shape index (κ2) is 4.77. The lowest BCUT2D eigenvalue weighted by Gasteiger charge is -2.28. The van der Waals surface area contributed by atoms with E-state index in [0.29, 0.717) is 11.0 Å². The van der Waals surface area contributed by atoms with E-state index in [1.807, 2.05) is 0 Å². The number of nitrogens with zero attached hydrogens (tertiary/aromatic N) is 3. The third-order valence-electron chi connectivity index (χ3n) is 2.56. The molecule has 15 heavy (non-hydrogen) atoms. The molecule has 0 atom stereocenters. The zero-order chi connectivity index (χ0) is 10.7. The van der Waals surface area contributed by atoms with E-state index in [9.17, 15) is 0 Å². The van der Waals surface area contributed by atoms with Gasteiger partial charge in [-0.3, -0.25) is 0 Å². The first-order valence-corrected chi connectivity index (χ1v) is 5.44. The van der Waals surface area contributed by atoms with Gasteiger partial charge in [0.05, 0.1) is 0 Å². The van der Waals surface area contributed by atoms with E-state index >= 15 is 0 Å². The topological polar surface area (TPSA) is 38.2 Å². The van der Waals surface area contributed by atoms with Crippen molar-refractivity contribution in [3.05, 3.63) is 17.5 Å². The van der Waals surface area contributed by atoms with Crippen molar-refractivity contribution in [1.29, 1.82) is 0 Å². The molecule has 82 valence electrons. The minimum absolute atomic E-state index is 0.257. The second-order valence-corrected chi connectivity index (χ2v) is 4.19. The fraction of sp³-hybridized carbons (Fsp3) is 0.600. The van der Waals surface area contributed by atoms with Crippen LogP contribution < -0.4 is 4.74 Å². The van der Waals surface area contributed by atoms with Crippen molar-refractivity contribution in [2.45, 2.75) is 18.9 Å². The van der Waals surface area contributed by atoms with Crippen LogP contribution in [0.1, 0.15) is 12.8 Å². The van der Waals surface area contributed by atoms with Crippen LogP contribution in [0.3, 0.4) is 0 Å². The Morgan fingerprint density at radius 2 is 2.13 bits per heavy atom. The molecule has 0 aromatic carbocycles. The summed E-state index contributed by atoms with van der Waals surface area (Å²) in [5, 5.41) is 0.424. The smallest absolute Gasteiger partial charge is 0.218 e. The average molecular weight is 228 g/mol. The van der Waals surface area contributed by atoms with Crippen LogP contribution in [0.15, 0.2) is 12.4 Å². The third-order valence-corrected chi connectivity index (χ3v) is 2.77. The number of halogens is 1. The Balaban J connectivity index is 1.92. The quantitative estimate of drug-likeness (QED) is 0.720. The van der Waals surface area contributed by atoms with Crippen molar-refractivity contribution in [2.75, 3.05) is 20.1 Å². The van der Waals surface area contributed by atoms with Gasteiger partial charge in [0.25, 0.3) is 0 Å². The maximum absolute atomic E-state index is 5.75. The van der Waals surface area contributed by atoms with Crippen LogP contribution in [0.25, 0.3) is 0 Å². The lowest BCUT2D eigenvalue weighted by Crippen LogP contribution is -2.35. The molecule has 0 spiro atoms. The summed E-state index contributed by atoms with van der Waals surface area (Å²) in [4.78, 5) is 10.1. The number of ether oxygens (including phenoxy) is 1. The Labute approximate surface area is 94.2 Å². The number of aromatic nitrogens is 2. The Hall–Kier alpha value is -0.870. The van der Waals surface area contributed by atoms with Gasteiger partial charge in [0.1, 0.15) is 17.6 Å². The molecular weight excluding hydrogens is 214 g/mol. The van der Waals surface area contributed by atoms with Crippen LogP contribution in [-0.4, -0.2) is 41.1 Å². The zero-order valence-corrected chi connectivity index (χ0v) is 9.44. The van der Waals surface area contributed by atoms with Gasteiger partial charge >= 0.3 is 0 Å². The van der Waals surface area contributed by atoms with E-state index in [0.717, 1.165) is 25.9 Å². The van der Waals surface area contributed by atoms with Crippen LogP contribution in [0.2, 0.25) is 5.15 Å². The Morgan fingerprint density at radius 3 is 2.80 bits per heavy atom. The maximum atomic E-state index is 5.75.